The van der Waals surface area contributed by atoms with Crippen LogP contribution in [0.2, 0.25) is 0 Å². The van der Waals surface area contributed by atoms with Crippen molar-refractivity contribution < 1.29 is 17.2 Å². The van der Waals surface area contributed by atoms with Gasteiger partial charge in [0.1, 0.15) is 11.6 Å². The Morgan fingerprint density at radius 3 is 2.06 bits per heavy atom. The lowest BCUT2D eigenvalue weighted by molar-refractivity contribution is 0.584. The molecule has 0 heterocycles. The van der Waals surface area contributed by atoms with Gasteiger partial charge in [0.15, 0.2) is 0 Å². The van der Waals surface area contributed by atoms with Gasteiger partial charge in [-0.05, 0) is 23.8 Å². The third-order valence-electron chi connectivity index (χ3n) is 2.32. The van der Waals surface area contributed by atoms with Crippen LogP contribution in [0.4, 0.5) is 8.78 Å². The minimum Gasteiger partial charge on any atom is -0.207 e. The molecule has 0 bridgehead atoms. The molecule has 6 heteroatoms. The van der Waals surface area contributed by atoms with Crippen LogP contribution < -0.4 is 0 Å². The summed E-state index contributed by atoms with van der Waals surface area (Å²) in [5.41, 5.74) is 0.276. The van der Waals surface area contributed by atoms with Crippen molar-refractivity contribution in [2.75, 3.05) is 0 Å². The van der Waals surface area contributed by atoms with E-state index in [4.69, 9.17) is 10.7 Å². The highest BCUT2D eigenvalue weighted by molar-refractivity contribution is 8.13. The average molecular weight is 289 g/mol. The molecule has 0 fully saturated rings. The molecule has 2 nitrogen and oxygen atoms in total. The molecule has 0 spiro atoms. The topological polar surface area (TPSA) is 34.1 Å². The Labute approximate surface area is 107 Å². The van der Waals surface area contributed by atoms with Crippen LogP contribution in [0.15, 0.2) is 47.4 Å². The Hall–Kier alpha value is -1.46. The number of rotatable bonds is 2. The van der Waals surface area contributed by atoms with Gasteiger partial charge >= 0.3 is 0 Å². The normalized spacial score (nSPS) is 11.5. The average Bonchev–Trinajstić information content (AvgIpc) is 2.26. The van der Waals surface area contributed by atoms with Crippen molar-refractivity contribution in [3.8, 4) is 11.1 Å². The van der Waals surface area contributed by atoms with Crippen molar-refractivity contribution in [1.29, 1.82) is 0 Å². The second-order valence-corrected chi connectivity index (χ2v) is 6.13. The highest BCUT2D eigenvalue weighted by Crippen LogP contribution is 2.30. The fourth-order valence-electron chi connectivity index (χ4n) is 1.63. The summed E-state index contributed by atoms with van der Waals surface area (Å²) >= 11 is 0. The Balaban J connectivity index is 2.72. The lowest BCUT2D eigenvalue weighted by Crippen LogP contribution is -1.95. The van der Waals surface area contributed by atoms with E-state index < -0.39 is 20.7 Å². The smallest absolute Gasteiger partial charge is 0.207 e. The van der Waals surface area contributed by atoms with E-state index in [0.717, 1.165) is 12.1 Å². The molecule has 0 aliphatic heterocycles. The van der Waals surface area contributed by atoms with E-state index in [1.165, 1.54) is 18.2 Å². The first-order chi connectivity index (χ1) is 8.38. The molecule has 0 radical (unpaired) electrons. The molecule has 0 atom stereocenters. The van der Waals surface area contributed by atoms with Gasteiger partial charge in [-0.15, -0.1) is 0 Å². The Bertz CT molecular complexity index is 679. The van der Waals surface area contributed by atoms with Gasteiger partial charge in [0, 0.05) is 22.3 Å². The van der Waals surface area contributed by atoms with Crippen molar-refractivity contribution >= 4 is 19.7 Å². The van der Waals surface area contributed by atoms with Gasteiger partial charge in [-0.1, -0.05) is 18.2 Å². The van der Waals surface area contributed by atoms with E-state index in [1.54, 1.807) is 6.07 Å². The van der Waals surface area contributed by atoms with Gasteiger partial charge in [0.05, 0.1) is 4.90 Å². The quantitative estimate of drug-likeness (QED) is 0.792. The zero-order chi connectivity index (χ0) is 13.3. The van der Waals surface area contributed by atoms with Crippen LogP contribution in [0.1, 0.15) is 0 Å². The second-order valence-electron chi connectivity index (χ2n) is 3.59. The number of hydrogen-bond acceptors (Lipinski definition) is 2. The van der Waals surface area contributed by atoms with Gasteiger partial charge < -0.3 is 0 Å². The Morgan fingerprint density at radius 1 is 0.944 bits per heavy atom. The largest absolute Gasteiger partial charge is 0.261 e. The monoisotopic (exact) mass is 288 g/mol. The van der Waals surface area contributed by atoms with Crippen molar-refractivity contribution in [2.24, 2.45) is 0 Å². The first kappa shape index (κ1) is 13.0. The van der Waals surface area contributed by atoms with Crippen LogP contribution in [0.25, 0.3) is 11.1 Å². The number of benzene rings is 2. The Kier molecular flexibility index (Phi) is 3.36. The summed E-state index contributed by atoms with van der Waals surface area (Å²) in [6, 6.07) is 8.55. The Morgan fingerprint density at radius 2 is 1.50 bits per heavy atom. The van der Waals surface area contributed by atoms with Crippen molar-refractivity contribution in [1.82, 2.24) is 0 Å². The zero-order valence-electron chi connectivity index (χ0n) is 8.90. The molecule has 18 heavy (non-hydrogen) atoms. The molecule has 0 N–H and O–H groups in total. The van der Waals surface area contributed by atoms with Gasteiger partial charge in [-0.3, -0.25) is 0 Å². The van der Waals surface area contributed by atoms with E-state index in [-0.39, 0.29) is 16.0 Å². The highest BCUT2D eigenvalue weighted by Gasteiger charge is 2.16. The summed E-state index contributed by atoms with van der Waals surface area (Å²) in [6.45, 7) is 0. The summed E-state index contributed by atoms with van der Waals surface area (Å²) in [5, 5.41) is 0. The predicted octanol–water partition coefficient (Wildman–Crippen LogP) is 3.56. The lowest BCUT2D eigenvalue weighted by atomic mass is 10.1. The van der Waals surface area contributed by atoms with Crippen LogP contribution in [0.3, 0.4) is 0 Å². The third kappa shape index (κ3) is 2.68. The van der Waals surface area contributed by atoms with Crippen LogP contribution in [-0.4, -0.2) is 8.42 Å². The summed E-state index contributed by atoms with van der Waals surface area (Å²) < 4.78 is 49.0. The zero-order valence-corrected chi connectivity index (χ0v) is 10.5. The molecule has 0 amide bonds. The van der Waals surface area contributed by atoms with Gasteiger partial charge in [-0.25, -0.2) is 17.2 Å². The van der Waals surface area contributed by atoms with E-state index in [1.807, 2.05) is 0 Å². The third-order valence-corrected chi connectivity index (χ3v) is 3.70. The molecular formula is C12H7ClF2O2S. The van der Waals surface area contributed by atoms with Crippen molar-refractivity contribution in [3.63, 3.8) is 0 Å². The molecule has 0 aliphatic carbocycles. The minimum atomic E-state index is -3.98. The maximum atomic E-state index is 13.1. The summed E-state index contributed by atoms with van der Waals surface area (Å²) in [6.07, 6.45) is 0. The molecule has 0 aliphatic rings. The van der Waals surface area contributed by atoms with E-state index >= 15 is 0 Å². The van der Waals surface area contributed by atoms with Gasteiger partial charge in [-0.2, -0.15) is 0 Å². The maximum Gasteiger partial charge on any atom is 0.261 e. The standard InChI is InChI=1S/C12H7ClF2O2S/c13-18(16,17)12-4-2-1-3-11(12)8-5-9(14)7-10(15)6-8/h1-7H. The fraction of sp³-hybridized carbons (Fsp3) is 0. The van der Waals surface area contributed by atoms with Crippen LogP contribution >= 0.6 is 10.7 Å². The molecule has 2 rings (SSSR count). The van der Waals surface area contributed by atoms with E-state index in [9.17, 15) is 17.2 Å². The molecule has 0 aromatic heterocycles. The van der Waals surface area contributed by atoms with Crippen LogP contribution in [-0.2, 0) is 9.05 Å². The summed E-state index contributed by atoms with van der Waals surface area (Å²) in [7, 11) is 1.30. The first-order valence-electron chi connectivity index (χ1n) is 4.88. The molecule has 2 aromatic carbocycles. The summed E-state index contributed by atoms with van der Waals surface area (Å²) in [4.78, 5) is -0.184. The van der Waals surface area contributed by atoms with Gasteiger partial charge in [0.2, 0.25) is 0 Å². The minimum absolute atomic E-state index is 0.118. The van der Waals surface area contributed by atoms with Crippen LogP contribution in [0.5, 0.6) is 0 Å². The fourth-order valence-corrected chi connectivity index (χ4v) is 2.72. The molecule has 2 aromatic rings. The molecule has 94 valence electrons. The molecule has 0 saturated heterocycles. The van der Waals surface area contributed by atoms with Gasteiger partial charge in [0.25, 0.3) is 9.05 Å². The predicted molar refractivity (Wildman–Crippen MR) is 64.8 cm³/mol. The van der Waals surface area contributed by atoms with Crippen molar-refractivity contribution in [2.45, 2.75) is 4.90 Å². The highest BCUT2D eigenvalue weighted by atomic mass is 35.7. The molecule has 0 unspecified atom stereocenters. The van der Waals surface area contributed by atoms with E-state index in [0.29, 0.717) is 6.07 Å². The van der Waals surface area contributed by atoms with E-state index in [2.05, 4.69) is 0 Å². The van der Waals surface area contributed by atoms with Crippen molar-refractivity contribution in [3.05, 3.63) is 54.1 Å². The summed E-state index contributed by atoms with van der Waals surface area (Å²) in [5.74, 6) is -1.57. The van der Waals surface area contributed by atoms with Crippen LogP contribution in [0, 0.1) is 11.6 Å². The lowest BCUT2D eigenvalue weighted by Gasteiger charge is -2.07. The SMILES string of the molecule is O=S(=O)(Cl)c1ccccc1-c1cc(F)cc(F)c1. The molecule has 0 saturated carbocycles. The second kappa shape index (κ2) is 4.66. The first-order valence-corrected chi connectivity index (χ1v) is 7.19. The maximum absolute atomic E-state index is 13.1. The number of halogens is 3. The number of hydrogen-bond donors (Lipinski definition) is 0. The molecular weight excluding hydrogens is 282 g/mol.